The number of aromatic nitrogens is 2. The summed E-state index contributed by atoms with van der Waals surface area (Å²) < 4.78 is 1.53. The third-order valence-corrected chi connectivity index (χ3v) is 3.05. The number of nitrogens with zero attached hydrogens (tertiary/aromatic N) is 2. The summed E-state index contributed by atoms with van der Waals surface area (Å²) >= 11 is 0. The molecule has 1 aromatic heterocycles. The predicted molar refractivity (Wildman–Crippen MR) is 69.4 cm³/mol. The molecule has 0 spiro atoms. The first-order valence-corrected chi connectivity index (χ1v) is 5.83. The van der Waals surface area contributed by atoms with Crippen LogP contribution in [0, 0.1) is 6.92 Å². The minimum absolute atomic E-state index is 0.0359. The topological polar surface area (TPSA) is 72.2 Å². The summed E-state index contributed by atoms with van der Waals surface area (Å²) in [4.78, 5) is 22.9. The Morgan fingerprint density at radius 3 is 2.58 bits per heavy atom. The first-order chi connectivity index (χ1) is 8.99. The minimum atomic E-state index is -0.965. The number of carboxylic acids is 1. The lowest BCUT2D eigenvalue weighted by Crippen LogP contribution is -2.10. The number of carbonyl (C=O) groups is 2. The fourth-order valence-corrected chi connectivity index (χ4v) is 1.94. The number of aromatic carboxylic acids is 1. The van der Waals surface area contributed by atoms with E-state index in [1.807, 2.05) is 0 Å². The van der Waals surface area contributed by atoms with Crippen molar-refractivity contribution in [3.63, 3.8) is 0 Å². The van der Waals surface area contributed by atoms with Gasteiger partial charge in [0.15, 0.2) is 5.78 Å². The fraction of sp³-hybridized carbons (Fsp3) is 0.214. The Labute approximate surface area is 110 Å². The summed E-state index contributed by atoms with van der Waals surface area (Å²) in [7, 11) is 1.72. The lowest BCUT2D eigenvalue weighted by molar-refractivity contribution is 0.0696. The van der Waals surface area contributed by atoms with Crippen molar-refractivity contribution >= 4 is 11.8 Å². The van der Waals surface area contributed by atoms with E-state index in [2.05, 4.69) is 5.10 Å². The standard InChI is InChI=1S/C14H14N2O3/c1-9-7-11(14(18)19)4-3-10(9)8-13(17)12-5-6-15-16(12)2/h3-7H,8H2,1-2H3,(H,18,19). The van der Waals surface area contributed by atoms with Gasteiger partial charge in [0.1, 0.15) is 5.69 Å². The van der Waals surface area contributed by atoms with E-state index in [-0.39, 0.29) is 17.8 Å². The summed E-state index contributed by atoms with van der Waals surface area (Å²) in [6.45, 7) is 1.80. The molecule has 0 radical (unpaired) electrons. The van der Waals surface area contributed by atoms with E-state index in [4.69, 9.17) is 5.11 Å². The highest BCUT2D eigenvalue weighted by atomic mass is 16.4. The quantitative estimate of drug-likeness (QED) is 0.849. The van der Waals surface area contributed by atoms with Gasteiger partial charge in [-0.3, -0.25) is 9.48 Å². The Kier molecular flexibility index (Phi) is 3.46. The average molecular weight is 258 g/mol. The molecule has 5 heteroatoms. The Morgan fingerprint density at radius 2 is 2.05 bits per heavy atom. The molecule has 1 aromatic carbocycles. The van der Waals surface area contributed by atoms with Crippen LogP contribution in [0.5, 0.6) is 0 Å². The second-order valence-corrected chi connectivity index (χ2v) is 4.39. The summed E-state index contributed by atoms with van der Waals surface area (Å²) in [5.74, 6) is -1.00. The van der Waals surface area contributed by atoms with Crippen LogP contribution >= 0.6 is 0 Å². The Bertz CT molecular complexity index is 644. The summed E-state index contributed by atoms with van der Waals surface area (Å²) in [5.41, 5.74) is 2.41. The molecule has 0 aliphatic heterocycles. The second kappa shape index (κ2) is 5.06. The largest absolute Gasteiger partial charge is 0.478 e. The number of ketones is 1. The van der Waals surface area contributed by atoms with Gasteiger partial charge in [-0.05, 0) is 36.2 Å². The van der Waals surface area contributed by atoms with E-state index in [1.54, 1.807) is 38.4 Å². The molecule has 0 fully saturated rings. The van der Waals surface area contributed by atoms with Crippen LogP contribution in [0.4, 0.5) is 0 Å². The molecule has 0 aliphatic carbocycles. The van der Waals surface area contributed by atoms with Crippen LogP contribution in [0.1, 0.15) is 32.0 Å². The van der Waals surface area contributed by atoms with Crippen LogP contribution in [0.15, 0.2) is 30.5 Å². The van der Waals surface area contributed by atoms with E-state index in [0.29, 0.717) is 5.69 Å². The lowest BCUT2D eigenvalue weighted by atomic mass is 9.99. The van der Waals surface area contributed by atoms with Gasteiger partial charge in [-0.2, -0.15) is 5.10 Å². The zero-order chi connectivity index (χ0) is 14.0. The highest BCUT2D eigenvalue weighted by molar-refractivity contribution is 5.96. The average Bonchev–Trinajstić information content (AvgIpc) is 2.77. The molecule has 2 rings (SSSR count). The van der Waals surface area contributed by atoms with Gasteiger partial charge in [-0.15, -0.1) is 0 Å². The van der Waals surface area contributed by atoms with Crippen molar-refractivity contribution in [1.82, 2.24) is 9.78 Å². The van der Waals surface area contributed by atoms with Crippen LogP contribution in [0.2, 0.25) is 0 Å². The van der Waals surface area contributed by atoms with Crippen molar-refractivity contribution in [2.75, 3.05) is 0 Å². The molecule has 19 heavy (non-hydrogen) atoms. The van der Waals surface area contributed by atoms with Crippen molar-refractivity contribution in [2.45, 2.75) is 13.3 Å². The van der Waals surface area contributed by atoms with Gasteiger partial charge >= 0.3 is 5.97 Å². The molecule has 1 N–H and O–H groups in total. The van der Waals surface area contributed by atoms with Crippen molar-refractivity contribution < 1.29 is 14.7 Å². The molecule has 0 aliphatic rings. The Hall–Kier alpha value is -2.43. The third kappa shape index (κ3) is 2.70. The van der Waals surface area contributed by atoms with Crippen LogP contribution < -0.4 is 0 Å². The van der Waals surface area contributed by atoms with Gasteiger partial charge in [0, 0.05) is 19.7 Å². The van der Waals surface area contributed by atoms with Crippen LogP contribution in [-0.4, -0.2) is 26.6 Å². The van der Waals surface area contributed by atoms with Crippen LogP contribution in [0.25, 0.3) is 0 Å². The highest BCUT2D eigenvalue weighted by Gasteiger charge is 2.13. The van der Waals surface area contributed by atoms with Gasteiger partial charge in [0.2, 0.25) is 0 Å². The second-order valence-electron chi connectivity index (χ2n) is 4.39. The van der Waals surface area contributed by atoms with Crippen molar-refractivity contribution in [3.8, 4) is 0 Å². The maximum Gasteiger partial charge on any atom is 0.335 e. The monoisotopic (exact) mass is 258 g/mol. The maximum absolute atomic E-state index is 12.1. The smallest absolute Gasteiger partial charge is 0.335 e. The molecule has 0 bridgehead atoms. The number of benzene rings is 1. The summed E-state index contributed by atoms with van der Waals surface area (Å²) in [5, 5.41) is 12.8. The number of carbonyl (C=O) groups excluding carboxylic acids is 1. The normalized spacial score (nSPS) is 10.4. The molecule has 0 amide bonds. The number of hydrogen-bond donors (Lipinski definition) is 1. The molecule has 0 saturated heterocycles. The van der Waals surface area contributed by atoms with Crippen molar-refractivity contribution in [3.05, 3.63) is 52.8 Å². The predicted octanol–water partition coefficient (Wildman–Crippen LogP) is 1.85. The molecule has 98 valence electrons. The number of rotatable bonds is 4. The van der Waals surface area contributed by atoms with Gasteiger partial charge < -0.3 is 5.11 Å². The number of hydrogen-bond acceptors (Lipinski definition) is 3. The van der Waals surface area contributed by atoms with Crippen molar-refractivity contribution in [1.29, 1.82) is 0 Å². The van der Waals surface area contributed by atoms with Gasteiger partial charge in [0.05, 0.1) is 5.56 Å². The molecule has 2 aromatic rings. The highest BCUT2D eigenvalue weighted by Crippen LogP contribution is 2.14. The molecular formula is C14H14N2O3. The van der Waals surface area contributed by atoms with Gasteiger partial charge in [-0.1, -0.05) is 6.07 Å². The molecular weight excluding hydrogens is 244 g/mol. The first-order valence-electron chi connectivity index (χ1n) is 5.83. The summed E-state index contributed by atoms with van der Waals surface area (Å²) in [6.07, 6.45) is 1.82. The lowest BCUT2D eigenvalue weighted by Gasteiger charge is -2.06. The zero-order valence-corrected chi connectivity index (χ0v) is 10.8. The number of carboxylic acid groups (broad SMARTS) is 1. The summed E-state index contributed by atoms with van der Waals surface area (Å²) in [6, 6.07) is 6.45. The SMILES string of the molecule is Cc1cc(C(=O)O)ccc1CC(=O)c1ccnn1C. The van der Waals surface area contributed by atoms with E-state index >= 15 is 0 Å². The molecule has 5 nitrogen and oxygen atoms in total. The molecule has 1 heterocycles. The van der Waals surface area contributed by atoms with E-state index < -0.39 is 5.97 Å². The molecule has 0 saturated carbocycles. The van der Waals surface area contributed by atoms with Crippen LogP contribution in [-0.2, 0) is 13.5 Å². The third-order valence-electron chi connectivity index (χ3n) is 3.05. The van der Waals surface area contributed by atoms with E-state index in [9.17, 15) is 9.59 Å². The Morgan fingerprint density at radius 1 is 1.32 bits per heavy atom. The number of Topliss-reactive ketones (excluding diaryl/α,β-unsaturated/α-hetero) is 1. The zero-order valence-electron chi connectivity index (χ0n) is 10.8. The first kappa shape index (κ1) is 13.0. The molecule has 0 atom stereocenters. The fourth-order valence-electron chi connectivity index (χ4n) is 1.94. The van der Waals surface area contributed by atoms with E-state index in [1.165, 1.54) is 10.7 Å². The van der Waals surface area contributed by atoms with Gasteiger partial charge in [-0.25, -0.2) is 4.79 Å². The van der Waals surface area contributed by atoms with Crippen molar-refractivity contribution in [2.24, 2.45) is 7.05 Å². The maximum atomic E-state index is 12.1. The molecule has 0 unspecified atom stereocenters. The van der Waals surface area contributed by atoms with Crippen LogP contribution in [0.3, 0.4) is 0 Å². The minimum Gasteiger partial charge on any atom is -0.478 e. The Balaban J connectivity index is 2.23. The van der Waals surface area contributed by atoms with E-state index in [0.717, 1.165) is 11.1 Å². The number of aryl methyl sites for hydroxylation is 2. The van der Waals surface area contributed by atoms with Gasteiger partial charge in [0.25, 0.3) is 0 Å².